The van der Waals surface area contributed by atoms with Gasteiger partial charge in [0.2, 0.25) is 0 Å². The van der Waals surface area contributed by atoms with Crippen molar-refractivity contribution in [3.05, 3.63) is 77.9 Å². The fourth-order valence-electron chi connectivity index (χ4n) is 2.51. The second kappa shape index (κ2) is 7.74. The summed E-state index contributed by atoms with van der Waals surface area (Å²) in [5.74, 6) is 0.887. The molecule has 5 nitrogen and oxygen atoms in total. The first-order valence-electron chi connectivity index (χ1n) is 8.15. The van der Waals surface area contributed by atoms with Crippen molar-refractivity contribution in [2.75, 3.05) is 0 Å². The zero-order valence-electron chi connectivity index (χ0n) is 14.5. The van der Waals surface area contributed by atoms with E-state index < -0.39 is 7.32 Å². The standard InChI is InChI=1S/C20H19BO5/c1-14-11-15(2)13-16(12-14)24-21(25-19-9-5-3-7-17(19)22)26-20-10-6-4-8-18(20)23/h3-13,22-23H,1-2H3. The van der Waals surface area contributed by atoms with Gasteiger partial charge in [0.1, 0.15) is 17.2 Å². The van der Waals surface area contributed by atoms with E-state index in [1.165, 1.54) is 12.1 Å². The fourth-order valence-corrected chi connectivity index (χ4v) is 2.51. The highest BCUT2D eigenvalue weighted by atomic mass is 16.7. The Hall–Kier alpha value is -3.28. The van der Waals surface area contributed by atoms with E-state index in [0.717, 1.165) is 11.1 Å². The van der Waals surface area contributed by atoms with E-state index >= 15 is 0 Å². The van der Waals surface area contributed by atoms with Crippen LogP contribution in [0.3, 0.4) is 0 Å². The number of benzene rings is 3. The Morgan fingerprint density at radius 3 is 1.58 bits per heavy atom. The minimum atomic E-state index is -1.21. The normalized spacial score (nSPS) is 10.2. The third-order valence-corrected chi connectivity index (χ3v) is 3.60. The van der Waals surface area contributed by atoms with Gasteiger partial charge in [-0.05, 0) is 61.4 Å². The number of aromatic hydroxyl groups is 2. The molecule has 0 aliphatic heterocycles. The summed E-state index contributed by atoms with van der Waals surface area (Å²) in [5, 5.41) is 19.9. The molecule has 3 aromatic rings. The van der Waals surface area contributed by atoms with Crippen LogP contribution in [0.15, 0.2) is 66.7 Å². The molecule has 0 unspecified atom stereocenters. The van der Waals surface area contributed by atoms with E-state index in [4.69, 9.17) is 14.0 Å². The minimum Gasteiger partial charge on any atom is -0.504 e. The molecule has 3 aromatic carbocycles. The number of hydrogen-bond acceptors (Lipinski definition) is 5. The van der Waals surface area contributed by atoms with Crippen LogP contribution in [0, 0.1) is 13.8 Å². The highest BCUT2D eigenvalue weighted by molar-refractivity contribution is 6.39. The monoisotopic (exact) mass is 350 g/mol. The molecule has 26 heavy (non-hydrogen) atoms. The van der Waals surface area contributed by atoms with Gasteiger partial charge in [0, 0.05) is 0 Å². The SMILES string of the molecule is Cc1cc(C)cc(OB(Oc2ccccc2O)Oc2ccccc2O)c1. The van der Waals surface area contributed by atoms with Gasteiger partial charge in [0.25, 0.3) is 0 Å². The third-order valence-electron chi connectivity index (χ3n) is 3.60. The van der Waals surface area contributed by atoms with Crippen LogP contribution in [0.5, 0.6) is 28.7 Å². The van der Waals surface area contributed by atoms with E-state index in [9.17, 15) is 10.2 Å². The van der Waals surface area contributed by atoms with E-state index in [2.05, 4.69) is 0 Å². The van der Waals surface area contributed by atoms with Gasteiger partial charge in [-0.1, -0.05) is 30.3 Å². The van der Waals surface area contributed by atoms with Crippen molar-refractivity contribution in [2.24, 2.45) is 0 Å². The number of hydrogen-bond donors (Lipinski definition) is 2. The Kier molecular flexibility index (Phi) is 5.22. The fraction of sp³-hybridized carbons (Fsp3) is 0.100. The van der Waals surface area contributed by atoms with Gasteiger partial charge < -0.3 is 24.2 Å². The van der Waals surface area contributed by atoms with Gasteiger partial charge in [-0.15, -0.1) is 0 Å². The lowest BCUT2D eigenvalue weighted by molar-refractivity contribution is 0.292. The quantitative estimate of drug-likeness (QED) is 0.651. The van der Waals surface area contributed by atoms with Crippen LogP contribution < -0.4 is 14.0 Å². The summed E-state index contributed by atoms with van der Waals surface area (Å²) in [6.45, 7) is 3.92. The van der Waals surface area contributed by atoms with Crippen molar-refractivity contribution in [3.8, 4) is 28.7 Å². The molecule has 0 fully saturated rings. The second-order valence-electron chi connectivity index (χ2n) is 5.90. The van der Waals surface area contributed by atoms with Gasteiger partial charge in [0.15, 0.2) is 11.5 Å². The largest absolute Gasteiger partial charge is 0.864 e. The molecule has 0 spiro atoms. The highest BCUT2D eigenvalue weighted by Gasteiger charge is 2.32. The molecule has 0 aliphatic carbocycles. The average molecular weight is 350 g/mol. The molecule has 6 heteroatoms. The van der Waals surface area contributed by atoms with Gasteiger partial charge in [-0.3, -0.25) is 0 Å². The van der Waals surface area contributed by atoms with Crippen molar-refractivity contribution in [1.82, 2.24) is 0 Å². The molecule has 0 aliphatic rings. The van der Waals surface area contributed by atoms with E-state index in [-0.39, 0.29) is 23.0 Å². The molecule has 0 radical (unpaired) electrons. The van der Waals surface area contributed by atoms with E-state index in [0.29, 0.717) is 5.75 Å². The number of phenols is 2. The first-order valence-corrected chi connectivity index (χ1v) is 8.15. The van der Waals surface area contributed by atoms with Crippen molar-refractivity contribution >= 4 is 7.32 Å². The van der Waals surface area contributed by atoms with Crippen molar-refractivity contribution < 1.29 is 24.2 Å². The lowest BCUT2D eigenvalue weighted by Crippen LogP contribution is -2.37. The summed E-state index contributed by atoms with van der Waals surface area (Å²) in [6.07, 6.45) is 0. The van der Waals surface area contributed by atoms with Crippen LogP contribution in [0.1, 0.15) is 11.1 Å². The summed E-state index contributed by atoms with van der Waals surface area (Å²) < 4.78 is 17.2. The van der Waals surface area contributed by atoms with Gasteiger partial charge in [-0.25, -0.2) is 0 Å². The maximum atomic E-state index is 9.95. The zero-order chi connectivity index (χ0) is 18.5. The van der Waals surface area contributed by atoms with E-state index in [1.807, 2.05) is 32.0 Å². The Morgan fingerprint density at radius 1 is 0.654 bits per heavy atom. The Morgan fingerprint density at radius 2 is 1.12 bits per heavy atom. The van der Waals surface area contributed by atoms with Crippen LogP contribution in [0.4, 0.5) is 0 Å². The average Bonchev–Trinajstić information content (AvgIpc) is 2.58. The molecule has 3 rings (SSSR count). The van der Waals surface area contributed by atoms with Crippen LogP contribution in [0.25, 0.3) is 0 Å². The van der Waals surface area contributed by atoms with Crippen LogP contribution in [-0.4, -0.2) is 17.5 Å². The molecule has 0 atom stereocenters. The van der Waals surface area contributed by atoms with Crippen LogP contribution in [0.2, 0.25) is 0 Å². The molecule has 0 bridgehead atoms. The molecule has 2 N–H and O–H groups in total. The summed E-state index contributed by atoms with van der Waals surface area (Å²) in [4.78, 5) is 0. The minimum absolute atomic E-state index is 0.0394. The summed E-state index contributed by atoms with van der Waals surface area (Å²) in [7, 11) is -1.21. The van der Waals surface area contributed by atoms with Crippen molar-refractivity contribution in [3.63, 3.8) is 0 Å². The highest BCUT2D eigenvalue weighted by Crippen LogP contribution is 2.29. The number of para-hydroxylation sites is 4. The first-order chi connectivity index (χ1) is 12.5. The predicted octanol–water partition coefficient (Wildman–Crippen LogP) is 4.24. The Balaban J connectivity index is 1.87. The molecular weight excluding hydrogens is 331 g/mol. The molecule has 0 aromatic heterocycles. The second-order valence-corrected chi connectivity index (χ2v) is 5.90. The maximum absolute atomic E-state index is 9.95. The molecule has 132 valence electrons. The van der Waals surface area contributed by atoms with Crippen molar-refractivity contribution in [2.45, 2.75) is 13.8 Å². The third kappa shape index (κ3) is 4.42. The molecule has 0 saturated carbocycles. The van der Waals surface area contributed by atoms with Crippen LogP contribution >= 0.6 is 0 Å². The van der Waals surface area contributed by atoms with E-state index in [1.54, 1.807) is 36.4 Å². The van der Waals surface area contributed by atoms with Gasteiger partial charge in [-0.2, -0.15) is 0 Å². The number of phenolic OH excluding ortho intramolecular Hbond substituents is 2. The smallest absolute Gasteiger partial charge is 0.504 e. The summed E-state index contributed by atoms with van der Waals surface area (Å²) in [5.41, 5.74) is 2.06. The molecule has 0 amide bonds. The zero-order valence-corrected chi connectivity index (χ0v) is 14.5. The summed E-state index contributed by atoms with van der Waals surface area (Å²) in [6, 6.07) is 18.7. The topological polar surface area (TPSA) is 68.2 Å². The number of rotatable bonds is 6. The molecule has 0 saturated heterocycles. The lowest BCUT2D eigenvalue weighted by atomic mass is 10.1. The Labute approximate surface area is 152 Å². The van der Waals surface area contributed by atoms with Crippen LogP contribution in [-0.2, 0) is 0 Å². The number of aryl methyl sites for hydroxylation is 2. The maximum Gasteiger partial charge on any atom is 0.864 e. The summed E-state index contributed by atoms with van der Waals surface area (Å²) >= 11 is 0. The predicted molar refractivity (Wildman–Crippen MR) is 99.8 cm³/mol. The molecule has 0 heterocycles. The van der Waals surface area contributed by atoms with Gasteiger partial charge in [0.05, 0.1) is 0 Å². The van der Waals surface area contributed by atoms with Crippen molar-refractivity contribution in [1.29, 1.82) is 0 Å². The first kappa shape index (κ1) is 17.5. The lowest BCUT2D eigenvalue weighted by Gasteiger charge is -2.18. The Bertz CT molecular complexity index is 829. The van der Waals surface area contributed by atoms with Gasteiger partial charge >= 0.3 is 7.32 Å². The molecular formula is C20H19BO5.